The Hall–Kier alpha value is -0.263. The van der Waals surface area contributed by atoms with E-state index in [9.17, 15) is 0 Å². The third-order valence-corrected chi connectivity index (χ3v) is 6.87. The molecule has 0 aromatic rings. The Labute approximate surface area is 141 Å². The van der Waals surface area contributed by atoms with Gasteiger partial charge in [0.25, 0.3) is 0 Å². The zero-order chi connectivity index (χ0) is 16.5. The molecular weight excluding hydrogens is 284 g/mol. The topological polar surface area (TPSA) is 9.23 Å². The third kappa shape index (κ3) is 16.1. The molecule has 0 saturated carbocycles. The van der Waals surface area contributed by atoms with Crippen molar-refractivity contribution >= 4 is 8.07 Å². The maximum atomic E-state index is 5.49. The maximum absolute atomic E-state index is 5.49. The minimum Gasteiger partial charge on any atom is -0.381 e. The smallest absolute Gasteiger partial charge is 0.132 e. The predicted octanol–water partition coefficient (Wildman–Crippen LogP) is 6.58. The fraction of sp³-hybridized carbons (Fsp3) is 0.900. The monoisotopic (exact) mass is 324 g/mol. The maximum Gasteiger partial charge on any atom is 0.132 e. The lowest BCUT2D eigenvalue weighted by Crippen LogP contribution is -2.21. The first kappa shape index (κ1) is 21.7. The summed E-state index contributed by atoms with van der Waals surface area (Å²) in [4.78, 5) is 0. The molecule has 0 aliphatic rings. The zero-order valence-corrected chi connectivity index (χ0v) is 16.8. The molecule has 0 N–H and O–H groups in total. The van der Waals surface area contributed by atoms with Gasteiger partial charge in [-0.05, 0) is 25.3 Å². The first-order valence-electron chi connectivity index (χ1n) is 9.70. The normalized spacial score (nSPS) is 11.3. The lowest BCUT2D eigenvalue weighted by Gasteiger charge is -2.09. The van der Waals surface area contributed by atoms with E-state index in [-0.39, 0.29) is 0 Å². The molecule has 0 amide bonds. The Bertz CT molecular complexity index is 288. The number of ether oxygens (including phenoxy) is 1. The van der Waals surface area contributed by atoms with Crippen LogP contribution in [0.4, 0.5) is 0 Å². The molecule has 130 valence electrons. The van der Waals surface area contributed by atoms with Crippen LogP contribution < -0.4 is 0 Å². The SMILES string of the molecule is CCCOCCCCCCCCCCCC#C[Si](C)(C)CC. The highest BCUT2D eigenvalue weighted by Gasteiger charge is 2.13. The lowest BCUT2D eigenvalue weighted by atomic mass is 10.1. The molecule has 0 heterocycles. The average molecular weight is 325 g/mol. The minimum atomic E-state index is -1.15. The van der Waals surface area contributed by atoms with E-state index in [1.165, 1.54) is 63.8 Å². The van der Waals surface area contributed by atoms with Gasteiger partial charge in [0.15, 0.2) is 0 Å². The Morgan fingerprint density at radius 2 is 1.27 bits per heavy atom. The second-order valence-corrected chi connectivity index (χ2v) is 11.8. The number of hydrogen-bond donors (Lipinski definition) is 0. The fourth-order valence-electron chi connectivity index (χ4n) is 2.29. The van der Waals surface area contributed by atoms with E-state index in [1.807, 2.05) is 0 Å². The van der Waals surface area contributed by atoms with Gasteiger partial charge in [-0.25, -0.2) is 0 Å². The number of hydrogen-bond acceptors (Lipinski definition) is 1. The van der Waals surface area contributed by atoms with Gasteiger partial charge in [-0.15, -0.1) is 11.5 Å². The van der Waals surface area contributed by atoms with Crippen LogP contribution in [0.15, 0.2) is 0 Å². The molecule has 1 nitrogen and oxygen atoms in total. The van der Waals surface area contributed by atoms with Crippen molar-refractivity contribution in [3.05, 3.63) is 0 Å². The van der Waals surface area contributed by atoms with Crippen LogP contribution in [-0.4, -0.2) is 21.3 Å². The second kappa shape index (κ2) is 15.6. The highest BCUT2D eigenvalue weighted by molar-refractivity contribution is 6.85. The van der Waals surface area contributed by atoms with Crippen LogP contribution >= 0.6 is 0 Å². The summed E-state index contributed by atoms with van der Waals surface area (Å²) < 4.78 is 5.49. The van der Waals surface area contributed by atoms with E-state index in [2.05, 4.69) is 38.4 Å². The Morgan fingerprint density at radius 3 is 1.82 bits per heavy atom. The van der Waals surface area contributed by atoms with Gasteiger partial charge in [-0.2, -0.15) is 0 Å². The van der Waals surface area contributed by atoms with Crippen molar-refractivity contribution in [1.82, 2.24) is 0 Å². The molecule has 0 aliphatic heterocycles. The van der Waals surface area contributed by atoms with Gasteiger partial charge in [-0.3, -0.25) is 0 Å². The summed E-state index contributed by atoms with van der Waals surface area (Å²) in [7, 11) is -1.15. The molecule has 0 bridgehead atoms. The van der Waals surface area contributed by atoms with Gasteiger partial charge in [0.05, 0.1) is 0 Å². The molecule has 0 aromatic carbocycles. The number of unbranched alkanes of at least 4 members (excludes halogenated alkanes) is 9. The highest BCUT2D eigenvalue weighted by atomic mass is 28.3. The lowest BCUT2D eigenvalue weighted by molar-refractivity contribution is 0.130. The predicted molar refractivity (Wildman–Crippen MR) is 103 cm³/mol. The van der Waals surface area contributed by atoms with Gasteiger partial charge in [0, 0.05) is 19.6 Å². The van der Waals surface area contributed by atoms with Crippen molar-refractivity contribution < 1.29 is 4.74 Å². The second-order valence-electron chi connectivity index (χ2n) is 7.08. The Morgan fingerprint density at radius 1 is 0.727 bits per heavy atom. The minimum absolute atomic E-state index is 0.933. The van der Waals surface area contributed by atoms with Gasteiger partial charge in [0.2, 0.25) is 0 Å². The van der Waals surface area contributed by atoms with E-state index in [1.54, 1.807) is 0 Å². The van der Waals surface area contributed by atoms with Crippen molar-refractivity contribution in [2.24, 2.45) is 0 Å². The van der Waals surface area contributed by atoms with Crippen molar-refractivity contribution in [1.29, 1.82) is 0 Å². The van der Waals surface area contributed by atoms with Crippen LogP contribution in [0.2, 0.25) is 19.1 Å². The van der Waals surface area contributed by atoms with Gasteiger partial charge in [0.1, 0.15) is 8.07 Å². The Balaban J connectivity index is 3.18. The fourth-order valence-corrected chi connectivity index (χ4v) is 3.07. The third-order valence-electron chi connectivity index (χ3n) is 4.25. The van der Waals surface area contributed by atoms with E-state index in [0.29, 0.717) is 0 Å². The first-order valence-corrected chi connectivity index (χ1v) is 12.9. The van der Waals surface area contributed by atoms with Crippen molar-refractivity contribution in [2.45, 2.75) is 104 Å². The van der Waals surface area contributed by atoms with Crippen LogP contribution in [0.1, 0.15) is 84.5 Å². The summed E-state index contributed by atoms with van der Waals surface area (Å²) in [6.45, 7) is 11.1. The van der Waals surface area contributed by atoms with Gasteiger partial charge in [-0.1, -0.05) is 71.9 Å². The zero-order valence-electron chi connectivity index (χ0n) is 15.8. The molecule has 0 atom stereocenters. The molecule has 0 saturated heterocycles. The summed E-state index contributed by atoms with van der Waals surface area (Å²) >= 11 is 0. The molecule has 22 heavy (non-hydrogen) atoms. The molecule has 0 aromatic heterocycles. The van der Waals surface area contributed by atoms with Crippen LogP contribution in [0, 0.1) is 11.5 Å². The standard InChI is InChI=1S/C20H40OSi/c1-5-18-21-19-16-14-12-10-8-7-9-11-13-15-17-20-22(3,4)6-2/h5-16,18-19H2,1-4H3. The molecule has 0 rings (SSSR count). The summed E-state index contributed by atoms with van der Waals surface area (Å²) in [5.41, 5.74) is 3.53. The van der Waals surface area contributed by atoms with Crippen molar-refractivity contribution in [2.75, 3.05) is 13.2 Å². The van der Waals surface area contributed by atoms with Crippen LogP contribution in [0.5, 0.6) is 0 Å². The highest BCUT2D eigenvalue weighted by Crippen LogP contribution is 2.11. The molecule has 0 aliphatic carbocycles. The summed E-state index contributed by atoms with van der Waals surface area (Å²) in [6.07, 6.45) is 14.5. The largest absolute Gasteiger partial charge is 0.381 e. The Kier molecular flexibility index (Phi) is 15.4. The van der Waals surface area contributed by atoms with Gasteiger partial charge >= 0.3 is 0 Å². The first-order chi connectivity index (χ1) is 10.6. The molecule has 0 fully saturated rings. The van der Waals surface area contributed by atoms with Crippen LogP contribution in [0.3, 0.4) is 0 Å². The number of rotatable bonds is 14. The van der Waals surface area contributed by atoms with Crippen molar-refractivity contribution in [3.8, 4) is 11.5 Å². The van der Waals surface area contributed by atoms with Crippen LogP contribution in [-0.2, 0) is 4.74 Å². The summed E-state index contributed by atoms with van der Waals surface area (Å²) in [5, 5.41) is 0. The molecular formula is C20H40OSi. The summed E-state index contributed by atoms with van der Waals surface area (Å²) in [6, 6.07) is 1.28. The summed E-state index contributed by atoms with van der Waals surface area (Å²) in [5.74, 6) is 3.42. The molecule has 0 radical (unpaired) electrons. The van der Waals surface area contributed by atoms with E-state index >= 15 is 0 Å². The average Bonchev–Trinajstić information content (AvgIpc) is 2.51. The molecule has 0 spiro atoms. The van der Waals surface area contributed by atoms with E-state index in [0.717, 1.165) is 26.1 Å². The molecule has 2 heteroatoms. The van der Waals surface area contributed by atoms with E-state index in [4.69, 9.17) is 4.74 Å². The molecule has 0 unspecified atom stereocenters. The van der Waals surface area contributed by atoms with E-state index < -0.39 is 8.07 Å². The van der Waals surface area contributed by atoms with Crippen molar-refractivity contribution in [3.63, 3.8) is 0 Å². The quantitative estimate of drug-likeness (QED) is 0.199. The van der Waals surface area contributed by atoms with Crippen LogP contribution in [0.25, 0.3) is 0 Å². The van der Waals surface area contributed by atoms with Gasteiger partial charge < -0.3 is 4.74 Å².